The molecule has 26 heavy (non-hydrogen) atoms. The lowest BCUT2D eigenvalue weighted by Crippen LogP contribution is -2.31. The second-order valence-corrected chi connectivity index (χ2v) is 11.5. The van der Waals surface area contributed by atoms with Crippen LogP contribution in [0.3, 0.4) is 0 Å². The Hall–Kier alpha value is -0.280. The average molecular weight is 423 g/mol. The van der Waals surface area contributed by atoms with Crippen molar-refractivity contribution in [1.82, 2.24) is 0 Å². The molecule has 0 aliphatic heterocycles. The first-order chi connectivity index (χ1) is 12.0. The van der Waals surface area contributed by atoms with Gasteiger partial charge in [0.2, 0.25) is 0 Å². The van der Waals surface area contributed by atoms with Gasteiger partial charge in [0, 0.05) is 17.9 Å². The maximum atomic E-state index is 12.8. The van der Waals surface area contributed by atoms with Gasteiger partial charge in [-0.3, -0.25) is 4.79 Å². The second-order valence-electron chi connectivity index (χ2n) is 6.54. The van der Waals surface area contributed by atoms with Crippen LogP contribution < -0.4 is 0 Å². The average Bonchev–Trinajstić information content (AvgIpc) is 2.53. The first-order valence-electron chi connectivity index (χ1n) is 9.34. The van der Waals surface area contributed by atoms with Gasteiger partial charge < -0.3 is 0 Å². The molecular formula is C17H33F3O4S2. The van der Waals surface area contributed by atoms with Gasteiger partial charge in [0.15, 0.2) is 0 Å². The molecule has 0 atom stereocenters. The van der Waals surface area contributed by atoms with Crippen molar-refractivity contribution in [2.24, 2.45) is 0 Å². The highest BCUT2D eigenvalue weighted by atomic mass is 32.3. The molecule has 0 radical (unpaired) electrons. The summed E-state index contributed by atoms with van der Waals surface area (Å²) in [5.74, 6) is 0.0219. The first-order valence-corrected chi connectivity index (χ1v) is 12.8. The Bertz CT molecular complexity index is 497. The molecule has 0 fully saturated rings. The zero-order valence-corrected chi connectivity index (χ0v) is 17.7. The van der Waals surface area contributed by atoms with Crippen LogP contribution in [-0.2, 0) is 18.5 Å². The van der Waals surface area contributed by atoms with E-state index in [9.17, 15) is 26.4 Å². The Balaban J connectivity index is 5.36. The number of hydrogen-bond acceptors (Lipinski definition) is 4. The lowest BCUT2D eigenvalue weighted by Gasteiger charge is -2.38. The van der Waals surface area contributed by atoms with Crippen molar-refractivity contribution in [1.29, 1.82) is 0 Å². The molecule has 4 nitrogen and oxygen atoms in total. The molecular weight excluding hydrogens is 389 g/mol. The zero-order chi connectivity index (χ0) is 20.3. The van der Waals surface area contributed by atoms with Crippen molar-refractivity contribution in [3.63, 3.8) is 0 Å². The normalized spacial score (nSPS) is 13.8. The van der Waals surface area contributed by atoms with Gasteiger partial charge in [-0.1, -0.05) is 52.9 Å². The number of rotatable bonds is 15. The third kappa shape index (κ3) is 9.60. The minimum atomic E-state index is -5.71. The minimum absolute atomic E-state index is 0.194. The second kappa shape index (κ2) is 12.2. The molecule has 0 aromatic heterocycles. The molecule has 158 valence electrons. The fraction of sp³-hybridized carbons (Fsp3) is 0.941. The number of Topliss-reactive ketones (excluding diaryl/α,β-unsaturated/α-hetero) is 1. The van der Waals surface area contributed by atoms with E-state index in [1.807, 2.05) is 20.8 Å². The number of unbranched alkanes of at least 4 members (excludes halogenated alkanes) is 5. The first kappa shape index (κ1) is 25.7. The zero-order valence-electron chi connectivity index (χ0n) is 16.1. The number of ketones is 1. The summed E-state index contributed by atoms with van der Waals surface area (Å²) in [6.07, 6.45) is 6.31. The van der Waals surface area contributed by atoms with Gasteiger partial charge in [0.25, 0.3) is 0 Å². The lowest BCUT2D eigenvalue weighted by molar-refractivity contribution is -0.116. The van der Waals surface area contributed by atoms with E-state index in [0.29, 0.717) is 32.1 Å². The quantitative estimate of drug-likeness (QED) is 0.250. The smallest absolute Gasteiger partial charge is 0.299 e. The summed E-state index contributed by atoms with van der Waals surface area (Å²) in [7, 11) is -8.37. The highest BCUT2D eigenvalue weighted by molar-refractivity contribution is 8.33. The Morgan fingerprint density at radius 1 is 0.846 bits per heavy atom. The minimum Gasteiger partial charge on any atom is -0.299 e. The summed E-state index contributed by atoms with van der Waals surface area (Å²) < 4.78 is 66.6. The maximum absolute atomic E-state index is 12.8. The van der Waals surface area contributed by atoms with Crippen LogP contribution in [0.15, 0.2) is 0 Å². The largest absolute Gasteiger partial charge is 0.523 e. The predicted octanol–water partition coefficient (Wildman–Crippen LogP) is 5.71. The SMILES string of the molecule is CCCCCCC(=O)CS(CCCC)(CCCC)OS(=O)(=O)C(F)(F)F. The van der Waals surface area contributed by atoms with Crippen molar-refractivity contribution in [3.8, 4) is 0 Å². The summed E-state index contributed by atoms with van der Waals surface area (Å²) in [6, 6.07) is 0. The Labute approximate surface area is 157 Å². The molecule has 0 aliphatic rings. The van der Waals surface area contributed by atoms with Crippen LogP contribution in [0.1, 0.15) is 78.6 Å². The highest BCUT2D eigenvalue weighted by Gasteiger charge is 2.51. The van der Waals surface area contributed by atoms with E-state index in [-0.39, 0.29) is 29.5 Å². The molecule has 0 N–H and O–H groups in total. The van der Waals surface area contributed by atoms with Gasteiger partial charge in [-0.2, -0.15) is 21.6 Å². The van der Waals surface area contributed by atoms with Crippen LogP contribution >= 0.6 is 10.3 Å². The summed E-state index contributed by atoms with van der Waals surface area (Å²) >= 11 is 0. The van der Waals surface area contributed by atoms with E-state index in [4.69, 9.17) is 3.63 Å². The molecule has 0 aliphatic carbocycles. The van der Waals surface area contributed by atoms with Gasteiger partial charge >= 0.3 is 15.6 Å². The van der Waals surface area contributed by atoms with Crippen molar-refractivity contribution in [3.05, 3.63) is 0 Å². The van der Waals surface area contributed by atoms with Crippen LogP contribution in [-0.4, -0.2) is 37.0 Å². The summed E-state index contributed by atoms with van der Waals surface area (Å²) in [5, 5.41) is 0. The van der Waals surface area contributed by atoms with Crippen LogP contribution in [0.4, 0.5) is 13.2 Å². The Morgan fingerprint density at radius 2 is 1.35 bits per heavy atom. The van der Waals surface area contributed by atoms with Crippen molar-refractivity contribution in [2.75, 3.05) is 17.3 Å². The van der Waals surface area contributed by atoms with Gasteiger partial charge in [0.05, 0.1) is 5.75 Å². The third-order valence-corrected chi connectivity index (χ3v) is 9.34. The number of halogens is 3. The van der Waals surface area contributed by atoms with Gasteiger partial charge in [-0.15, -0.1) is 10.3 Å². The van der Waals surface area contributed by atoms with Crippen molar-refractivity contribution in [2.45, 2.75) is 84.1 Å². The maximum Gasteiger partial charge on any atom is 0.523 e. The van der Waals surface area contributed by atoms with E-state index in [1.165, 1.54) is 0 Å². The molecule has 0 saturated heterocycles. The molecule has 0 spiro atoms. The van der Waals surface area contributed by atoms with Crippen LogP contribution in [0.25, 0.3) is 0 Å². The molecule has 0 amide bonds. The van der Waals surface area contributed by atoms with Crippen molar-refractivity contribution >= 4 is 26.2 Å². The fourth-order valence-corrected chi connectivity index (χ4v) is 7.92. The van der Waals surface area contributed by atoms with Crippen LogP contribution in [0.2, 0.25) is 0 Å². The van der Waals surface area contributed by atoms with E-state index >= 15 is 0 Å². The summed E-state index contributed by atoms with van der Waals surface area (Å²) in [4.78, 5) is 12.3. The molecule has 0 heterocycles. The highest BCUT2D eigenvalue weighted by Crippen LogP contribution is 2.54. The number of carbonyl (C=O) groups is 1. The summed E-state index contributed by atoms with van der Waals surface area (Å²) in [6.45, 7) is 5.78. The number of hydrogen-bond donors (Lipinski definition) is 0. The molecule has 9 heteroatoms. The Morgan fingerprint density at radius 3 is 1.77 bits per heavy atom. The van der Waals surface area contributed by atoms with Gasteiger partial charge in [-0.05, 0) is 19.3 Å². The van der Waals surface area contributed by atoms with E-state index in [0.717, 1.165) is 19.3 Å². The topological polar surface area (TPSA) is 60.4 Å². The standard InChI is InChI=1S/C17H33F3O4S2/c1-4-7-10-11-12-16(21)15-25(13-8-5-2,14-9-6-3)24-26(22,23)17(18,19)20/h4-15H2,1-3H3. The lowest BCUT2D eigenvalue weighted by atomic mass is 10.1. The van der Waals surface area contributed by atoms with Gasteiger partial charge in [-0.25, -0.2) is 3.63 Å². The summed E-state index contributed by atoms with van der Waals surface area (Å²) in [5.41, 5.74) is -5.46. The molecule has 0 aromatic rings. The van der Waals surface area contributed by atoms with E-state index < -0.39 is 25.9 Å². The monoisotopic (exact) mass is 422 g/mol. The molecule has 0 aromatic carbocycles. The number of alkyl halides is 3. The third-order valence-electron chi connectivity index (χ3n) is 3.99. The molecule has 0 saturated carbocycles. The van der Waals surface area contributed by atoms with Crippen LogP contribution in [0.5, 0.6) is 0 Å². The molecule has 0 bridgehead atoms. The molecule has 0 unspecified atom stereocenters. The van der Waals surface area contributed by atoms with E-state index in [2.05, 4.69) is 0 Å². The van der Waals surface area contributed by atoms with Gasteiger partial charge in [0.1, 0.15) is 5.78 Å². The Kier molecular flexibility index (Phi) is 12.1. The predicted molar refractivity (Wildman–Crippen MR) is 102 cm³/mol. The van der Waals surface area contributed by atoms with E-state index in [1.54, 1.807) is 0 Å². The number of carbonyl (C=O) groups excluding carboxylic acids is 1. The van der Waals surface area contributed by atoms with Crippen LogP contribution in [0, 0.1) is 0 Å². The van der Waals surface area contributed by atoms with Crippen molar-refractivity contribution < 1.29 is 30.0 Å². The fourth-order valence-electron chi connectivity index (χ4n) is 2.50. The molecule has 0 rings (SSSR count).